The lowest BCUT2D eigenvalue weighted by molar-refractivity contribution is -0.127. The van der Waals surface area contributed by atoms with E-state index in [0.29, 0.717) is 18.1 Å². The molecule has 3 rings (SSSR count). The maximum atomic E-state index is 12.2. The second-order valence-corrected chi connectivity index (χ2v) is 5.31. The van der Waals surface area contributed by atoms with E-state index in [2.05, 4.69) is 25.9 Å². The quantitative estimate of drug-likeness (QED) is 0.766. The van der Waals surface area contributed by atoms with E-state index in [-0.39, 0.29) is 18.4 Å². The number of piperazine rings is 1. The van der Waals surface area contributed by atoms with Gasteiger partial charge in [0.2, 0.25) is 11.8 Å². The molecule has 0 saturated carbocycles. The molecule has 1 atom stereocenters. The van der Waals surface area contributed by atoms with Crippen molar-refractivity contribution in [1.82, 2.24) is 20.6 Å². The molecule has 1 aromatic carbocycles. The first-order chi connectivity index (χ1) is 11.1. The van der Waals surface area contributed by atoms with Crippen molar-refractivity contribution >= 4 is 17.5 Å². The minimum atomic E-state index is -0.568. The molecular formula is C16H17N5O2. The molecule has 0 unspecified atom stereocenters. The van der Waals surface area contributed by atoms with E-state index in [1.807, 2.05) is 31.2 Å². The molecule has 23 heavy (non-hydrogen) atoms. The van der Waals surface area contributed by atoms with Crippen molar-refractivity contribution in [2.24, 2.45) is 0 Å². The highest BCUT2D eigenvalue weighted by Gasteiger charge is 2.24. The molecule has 1 aromatic heterocycles. The third-order valence-corrected chi connectivity index (χ3v) is 3.49. The van der Waals surface area contributed by atoms with Crippen molar-refractivity contribution in [3.8, 4) is 11.3 Å². The Hall–Kier alpha value is -2.80. The summed E-state index contributed by atoms with van der Waals surface area (Å²) >= 11 is 0. The molecule has 3 N–H and O–H groups in total. The molecule has 1 aliphatic heterocycles. The molecule has 0 spiro atoms. The van der Waals surface area contributed by atoms with Crippen molar-refractivity contribution in [2.45, 2.75) is 13.0 Å². The summed E-state index contributed by atoms with van der Waals surface area (Å²) in [7, 11) is 0. The van der Waals surface area contributed by atoms with Crippen LogP contribution in [0.3, 0.4) is 0 Å². The molecule has 0 bridgehead atoms. The summed E-state index contributed by atoms with van der Waals surface area (Å²) in [5, 5.41) is 8.38. The number of aromatic nitrogens is 2. The van der Waals surface area contributed by atoms with Gasteiger partial charge in [-0.1, -0.05) is 12.1 Å². The number of anilines is 1. The molecule has 0 aliphatic carbocycles. The summed E-state index contributed by atoms with van der Waals surface area (Å²) in [6.07, 6.45) is 1.70. The monoisotopic (exact) mass is 311 g/mol. The number of nitrogens with one attached hydrogen (secondary N) is 3. The molecule has 118 valence electrons. The maximum Gasteiger partial charge on any atom is 0.248 e. The van der Waals surface area contributed by atoms with Crippen LogP contribution in [-0.4, -0.2) is 40.9 Å². The van der Waals surface area contributed by atoms with Gasteiger partial charge in [0.25, 0.3) is 0 Å². The summed E-state index contributed by atoms with van der Waals surface area (Å²) in [6, 6.07) is 8.66. The molecule has 0 radical (unpaired) electrons. The Kier molecular flexibility index (Phi) is 4.29. The maximum absolute atomic E-state index is 12.2. The number of carbonyl (C=O) groups is 2. The molecule has 7 heteroatoms. The highest BCUT2D eigenvalue weighted by atomic mass is 16.2. The predicted molar refractivity (Wildman–Crippen MR) is 85.6 cm³/mol. The minimum Gasteiger partial charge on any atom is -0.342 e. The van der Waals surface area contributed by atoms with Crippen LogP contribution in [0.25, 0.3) is 11.3 Å². The van der Waals surface area contributed by atoms with Gasteiger partial charge in [0, 0.05) is 24.0 Å². The Morgan fingerprint density at radius 3 is 3.00 bits per heavy atom. The summed E-state index contributed by atoms with van der Waals surface area (Å²) in [5.74, 6) is 0.260. The van der Waals surface area contributed by atoms with Crippen molar-refractivity contribution in [1.29, 1.82) is 0 Å². The van der Waals surface area contributed by atoms with Gasteiger partial charge in [-0.25, -0.2) is 9.97 Å². The lowest BCUT2D eigenvalue weighted by atomic mass is 10.1. The van der Waals surface area contributed by atoms with E-state index >= 15 is 0 Å². The lowest BCUT2D eigenvalue weighted by Gasteiger charge is -2.23. The second-order valence-electron chi connectivity index (χ2n) is 5.31. The van der Waals surface area contributed by atoms with Gasteiger partial charge in [-0.05, 0) is 25.1 Å². The molecule has 1 aliphatic rings. The van der Waals surface area contributed by atoms with Crippen LogP contribution in [0.4, 0.5) is 5.69 Å². The highest BCUT2D eigenvalue weighted by molar-refractivity contribution is 5.98. The minimum absolute atomic E-state index is 0.179. The molecule has 2 aromatic rings. The molecule has 2 heterocycles. The van der Waals surface area contributed by atoms with Gasteiger partial charge in [-0.2, -0.15) is 0 Å². The van der Waals surface area contributed by atoms with Gasteiger partial charge in [-0.3, -0.25) is 9.59 Å². The van der Waals surface area contributed by atoms with Gasteiger partial charge < -0.3 is 16.0 Å². The number of nitrogens with zero attached hydrogens (tertiary/aromatic N) is 2. The van der Waals surface area contributed by atoms with Crippen molar-refractivity contribution < 1.29 is 9.59 Å². The Morgan fingerprint density at radius 1 is 1.35 bits per heavy atom. The number of carbonyl (C=O) groups excluding carboxylic acids is 2. The van der Waals surface area contributed by atoms with Gasteiger partial charge in [0.1, 0.15) is 11.9 Å². The number of hydrogen-bond acceptors (Lipinski definition) is 5. The fourth-order valence-corrected chi connectivity index (χ4v) is 2.39. The Morgan fingerprint density at radius 2 is 2.22 bits per heavy atom. The number of amides is 2. The van der Waals surface area contributed by atoms with Crippen LogP contribution in [0.1, 0.15) is 5.82 Å². The fraction of sp³-hybridized carbons (Fsp3) is 0.250. The van der Waals surface area contributed by atoms with Gasteiger partial charge in [0.15, 0.2) is 0 Å². The van der Waals surface area contributed by atoms with Crippen molar-refractivity contribution in [3.05, 3.63) is 42.4 Å². The van der Waals surface area contributed by atoms with Gasteiger partial charge in [-0.15, -0.1) is 0 Å². The van der Waals surface area contributed by atoms with E-state index in [1.54, 1.807) is 12.3 Å². The Bertz CT molecular complexity index is 747. The zero-order valence-corrected chi connectivity index (χ0v) is 12.7. The van der Waals surface area contributed by atoms with Crippen LogP contribution in [0, 0.1) is 6.92 Å². The molecule has 7 nitrogen and oxygen atoms in total. The fourth-order valence-electron chi connectivity index (χ4n) is 2.39. The first-order valence-electron chi connectivity index (χ1n) is 7.33. The standard InChI is InChI=1S/C16H17N5O2/c1-10-18-6-5-13(19-10)11-3-2-4-12(7-11)20-16(23)14-8-17-9-15(22)21-14/h2-7,14,17H,8-9H2,1H3,(H,20,23)(H,21,22)/t14-/m0/s1. The highest BCUT2D eigenvalue weighted by Crippen LogP contribution is 2.20. The van der Waals surface area contributed by atoms with E-state index in [9.17, 15) is 9.59 Å². The normalized spacial score (nSPS) is 17.4. The van der Waals surface area contributed by atoms with Gasteiger partial charge >= 0.3 is 0 Å². The summed E-state index contributed by atoms with van der Waals surface area (Å²) < 4.78 is 0. The first-order valence-corrected chi connectivity index (χ1v) is 7.33. The third-order valence-electron chi connectivity index (χ3n) is 3.49. The average molecular weight is 311 g/mol. The Balaban J connectivity index is 1.75. The predicted octanol–water partition coefficient (Wildman–Crippen LogP) is 0.479. The van der Waals surface area contributed by atoms with Crippen LogP contribution in [0.2, 0.25) is 0 Å². The third kappa shape index (κ3) is 3.70. The first kappa shape index (κ1) is 15.1. The zero-order valence-electron chi connectivity index (χ0n) is 12.7. The largest absolute Gasteiger partial charge is 0.342 e. The summed E-state index contributed by atoms with van der Waals surface area (Å²) in [6.45, 7) is 2.49. The smallest absolute Gasteiger partial charge is 0.248 e. The molecule has 2 amide bonds. The van der Waals surface area contributed by atoms with Crippen LogP contribution >= 0.6 is 0 Å². The number of aryl methyl sites for hydroxylation is 1. The van der Waals surface area contributed by atoms with Crippen LogP contribution in [0.5, 0.6) is 0 Å². The summed E-state index contributed by atoms with van der Waals surface area (Å²) in [4.78, 5) is 32.0. The van der Waals surface area contributed by atoms with Crippen LogP contribution in [0.15, 0.2) is 36.5 Å². The van der Waals surface area contributed by atoms with E-state index in [1.165, 1.54) is 0 Å². The zero-order chi connectivity index (χ0) is 16.2. The van der Waals surface area contributed by atoms with Gasteiger partial charge in [0.05, 0.1) is 12.2 Å². The van der Waals surface area contributed by atoms with E-state index in [4.69, 9.17) is 0 Å². The van der Waals surface area contributed by atoms with Crippen LogP contribution in [-0.2, 0) is 9.59 Å². The SMILES string of the molecule is Cc1nccc(-c2cccc(NC(=O)[C@@H]3CNCC(=O)N3)c2)n1. The van der Waals surface area contributed by atoms with Crippen molar-refractivity contribution in [3.63, 3.8) is 0 Å². The average Bonchev–Trinajstić information content (AvgIpc) is 2.55. The topological polar surface area (TPSA) is 96.0 Å². The molecule has 1 fully saturated rings. The van der Waals surface area contributed by atoms with Crippen LogP contribution < -0.4 is 16.0 Å². The number of hydrogen-bond donors (Lipinski definition) is 3. The number of rotatable bonds is 3. The second kappa shape index (κ2) is 6.53. The van der Waals surface area contributed by atoms with Crippen molar-refractivity contribution in [2.75, 3.05) is 18.4 Å². The Labute approximate surface area is 133 Å². The summed E-state index contributed by atoms with van der Waals surface area (Å²) in [5.41, 5.74) is 2.34. The molecular weight excluding hydrogens is 294 g/mol. The lowest BCUT2D eigenvalue weighted by Crippen LogP contribution is -2.57. The molecule has 1 saturated heterocycles. The number of benzene rings is 1. The van der Waals surface area contributed by atoms with E-state index in [0.717, 1.165) is 11.3 Å². The van der Waals surface area contributed by atoms with E-state index < -0.39 is 6.04 Å².